The summed E-state index contributed by atoms with van der Waals surface area (Å²) >= 11 is 1.81. The van der Waals surface area contributed by atoms with Crippen LogP contribution in [-0.4, -0.2) is 10.2 Å². The summed E-state index contributed by atoms with van der Waals surface area (Å²) in [6.45, 7) is 4.38. The molecule has 2 heterocycles. The number of nitrogens with one attached hydrogen (secondary N) is 2. The molecule has 0 spiro atoms. The molecule has 2 N–H and O–H groups in total. The van der Waals surface area contributed by atoms with Crippen LogP contribution in [0.5, 0.6) is 0 Å². The van der Waals surface area contributed by atoms with Crippen molar-refractivity contribution in [3.8, 4) is 0 Å². The van der Waals surface area contributed by atoms with Gasteiger partial charge in [0.1, 0.15) is 0 Å². The van der Waals surface area contributed by atoms with Gasteiger partial charge < -0.3 is 5.32 Å². The molecule has 16 heavy (non-hydrogen) atoms. The van der Waals surface area contributed by atoms with Gasteiger partial charge >= 0.3 is 0 Å². The Kier molecular flexibility index (Phi) is 3.74. The van der Waals surface area contributed by atoms with E-state index in [1.165, 1.54) is 10.4 Å². The average molecular weight is 235 g/mol. The summed E-state index contributed by atoms with van der Waals surface area (Å²) in [6.07, 6.45) is 4.92. The molecule has 2 unspecified atom stereocenters. The summed E-state index contributed by atoms with van der Waals surface area (Å²) in [5, 5.41) is 12.6. The minimum absolute atomic E-state index is 0.325. The molecule has 2 aromatic heterocycles. The third-order valence-corrected chi connectivity index (χ3v) is 3.75. The number of aromatic nitrogens is 2. The van der Waals surface area contributed by atoms with Crippen molar-refractivity contribution in [2.75, 3.05) is 0 Å². The summed E-state index contributed by atoms with van der Waals surface area (Å²) in [4.78, 5) is 1.40. The molecule has 0 aliphatic carbocycles. The van der Waals surface area contributed by atoms with Gasteiger partial charge in [-0.1, -0.05) is 13.0 Å². The number of hydrogen-bond donors (Lipinski definition) is 2. The van der Waals surface area contributed by atoms with E-state index in [-0.39, 0.29) is 0 Å². The minimum Gasteiger partial charge on any atom is -0.303 e. The van der Waals surface area contributed by atoms with E-state index in [0.717, 1.165) is 6.42 Å². The summed E-state index contributed by atoms with van der Waals surface area (Å²) in [5.41, 5.74) is 1.20. The van der Waals surface area contributed by atoms with Crippen LogP contribution in [0.2, 0.25) is 0 Å². The third-order valence-electron chi connectivity index (χ3n) is 2.77. The number of aromatic amines is 1. The fraction of sp³-hybridized carbons (Fsp3) is 0.417. The molecule has 86 valence electrons. The van der Waals surface area contributed by atoms with E-state index in [2.05, 4.69) is 46.9 Å². The second-order valence-corrected chi connectivity index (χ2v) is 4.88. The number of rotatable bonds is 5. The molecule has 0 bridgehead atoms. The zero-order valence-corrected chi connectivity index (χ0v) is 10.4. The van der Waals surface area contributed by atoms with Crippen LogP contribution in [0.25, 0.3) is 0 Å². The fourth-order valence-corrected chi connectivity index (χ4v) is 2.66. The maximum Gasteiger partial charge on any atom is 0.0534 e. The number of H-pyrrole nitrogens is 1. The highest BCUT2D eigenvalue weighted by atomic mass is 32.1. The Hall–Kier alpha value is -1.13. The second-order valence-electron chi connectivity index (χ2n) is 3.90. The van der Waals surface area contributed by atoms with Gasteiger partial charge in [0.2, 0.25) is 0 Å². The molecule has 0 aromatic carbocycles. The number of nitrogens with zero attached hydrogens (tertiary/aromatic N) is 1. The molecule has 0 amide bonds. The van der Waals surface area contributed by atoms with Crippen LogP contribution in [-0.2, 0) is 0 Å². The van der Waals surface area contributed by atoms with Crippen molar-refractivity contribution < 1.29 is 0 Å². The zero-order valence-electron chi connectivity index (χ0n) is 9.60. The number of thiophene rings is 1. The maximum atomic E-state index is 3.98. The maximum absolute atomic E-state index is 3.98. The van der Waals surface area contributed by atoms with Crippen LogP contribution in [0.3, 0.4) is 0 Å². The van der Waals surface area contributed by atoms with Crippen molar-refractivity contribution in [3.05, 3.63) is 40.3 Å². The molecule has 2 rings (SSSR count). The van der Waals surface area contributed by atoms with Gasteiger partial charge in [0.05, 0.1) is 6.20 Å². The number of hydrogen-bond acceptors (Lipinski definition) is 3. The molecule has 0 radical (unpaired) electrons. The standard InChI is InChI=1S/C12H17N3S/c1-3-11(12-5-4-6-16-12)15-9(2)10-7-13-14-8-10/h4-9,11,15H,3H2,1-2H3,(H,13,14). The van der Waals surface area contributed by atoms with Crippen molar-refractivity contribution >= 4 is 11.3 Å². The Bertz CT molecular complexity index is 394. The van der Waals surface area contributed by atoms with Gasteiger partial charge in [0.25, 0.3) is 0 Å². The Morgan fingerprint density at radius 3 is 3.00 bits per heavy atom. The highest BCUT2D eigenvalue weighted by Crippen LogP contribution is 2.24. The quantitative estimate of drug-likeness (QED) is 0.835. The lowest BCUT2D eigenvalue weighted by Gasteiger charge is -2.20. The lowest BCUT2D eigenvalue weighted by Crippen LogP contribution is -2.23. The van der Waals surface area contributed by atoms with Crippen LogP contribution in [0.1, 0.15) is 42.8 Å². The van der Waals surface area contributed by atoms with Crippen molar-refractivity contribution in [2.45, 2.75) is 32.4 Å². The summed E-state index contributed by atoms with van der Waals surface area (Å²) in [6, 6.07) is 5.05. The van der Waals surface area contributed by atoms with Gasteiger partial charge in [-0.3, -0.25) is 5.10 Å². The SMILES string of the molecule is CCC(NC(C)c1cn[nH]c1)c1cccs1. The highest BCUT2D eigenvalue weighted by Gasteiger charge is 2.14. The van der Waals surface area contributed by atoms with Crippen molar-refractivity contribution in [3.63, 3.8) is 0 Å². The Balaban J connectivity index is 2.02. The summed E-state index contributed by atoms with van der Waals surface area (Å²) in [7, 11) is 0. The first-order valence-electron chi connectivity index (χ1n) is 5.59. The second kappa shape index (κ2) is 5.27. The van der Waals surface area contributed by atoms with E-state index < -0.39 is 0 Å². The minimum atomic E-state index is 0.325. The molecule has 4 heteroatoms. The van der Waals surface area contributed by atoms with Crippen molar-refractivity contribution in [1.82, 2.24) is 15.5 Å². The molecule has 0 fully saturated rings. The lowest BCUT2D eigenvalue weighted by molar-refractivity contribution is 0.462. The summed E-state index contributed by atoms with van der Waals surface area (Å²) < 4.78 is 0. The van der Waals surface area contributed by atoms with Crippen LogP contribution < -0.4 is 5.32 Å². The van der Waals surface area contributed by atoms with E-state index in [0.29, 0.717) is 12.1 Å². The van der Waals surface area contributed by atoms with E-state index >= 15 is 0 Å². The van der Waals surface area contributed by atoms with Gasteiger partial charge in [-0.15, -0.1) is 11.3 Å². The first-order valence-corrected chi connectivity index (χ1v) is 6.47. The Morgan fingerprint density at radius 2 is 2.44 bits per heavy atom. The summed E-state index contributed by atoms with van der Waals surface area (Å²) in [5.74, 6) is 0. The predicted molar refractivity (Wildman–Crippen MR) is 67.5 cm³/mol. The predicted octanol–water partition coefficient (Wildman–Crippen LogP) is 3.27. The van der Waals surface area contributed by atoms with Gasteiger partial charge in [0.15, 0.2) is 0 Å². The highest BCUT2D eigenvalue weighted by molar-refractivity contribution is 7.10. The molecule has 0 aliphatic rings. The van der Waals surface area contributed by atoms with E-state index in [1.54, 1.807) is 0 Å². The molecule has 0 saturated carbocycles. The van der Waals surface area contributed by atoms with Gasteiger partial charge in [-0.2, -0.15) is 5.10 Å². The monoisotopic (exact) mass is 235 g/mol. The Labute approximate surface area is 99.9 Å². The van der Waals surface area contributed by atoms with E-state index in [1.807, 2.05) is 23.7 Å². The largest absolute Gasteiger partial charge is 0.303 e. The van der Waals surface area contributed by atoms with Gasteiger partial charge in [-0.05, 0) is 24.8 Å². The lowest BCUT2D eigenvalue weighted by atomic mass is 10.1. The van der Waals surface area contributed by atoms with Crippen molar-refractivity contribution in [1.29, 1.82) is 0 Å². The van der Waals surface area contributed by atoms with Crippen LogP contribution >= 0.6 is 11.3 Å². The molecular weight excluding hydrogens is 218 g/mol. The van der Waals surface area contributed by atoms with E-state index in [9.17, 15) is 0 Å². The zero-order chi connectivity index (χ0) is 11.4. The van der Waals surface area contributed by atoms with Crippen molar-refractivity contribution in [2.24, 2.45) is 0 Å². The molecule has 2 aromatic rings. The average Bonchev–Trinajstić information content (AvgIpc) is 2.96. The first kappa shape index (κ1) is 11.4. The molecule has 2 atom stereocenters. The smallest absolute Gasteiger partial charge is 0.0534 e. The van der Waals surface area contributed by atoms with Crippen LogP contribution in [0, 0.1) is 0 Å². The molecular formula is C12H17N3S. The van der Waals surface area contributed by atoms with Crippen LogP contribution in [0.4, 0.5) is 0 Å². The topological polar surface area (TPSA) is 40.7 Å². The van der Waals surface area contributed by atoms with E-state index in [4.69, 9.17) is 0 Å². The normalized spacial score (nSPS) is 14.9. The molecule has 0 aliphatic heterocycles. The van der Waals surface area contributed by atoms with Gasteiger partial charge in [-0.25, -0.2) is 0 Å². The fourth-order valence-electron chi connectivity index (χ4n) is 1.79. The first-order chi connectivity index (χ1) is 7.81. The van der Waals surface area contributed by atoms with Gasteiger partial charge in [0, 0.05) is 28.7 Å². The Morgan fingerprint density at radius 1 is 1.56 bits per heavy atom. The molecule has 3 nitrogen and oxygen atoms in total. The molecule has 0 saturated heterocycles. The van der Waals surface area contributed by atoms with Crippen LogP contribution in [0.15, 0.2) is 29.9 Å². The third kappa shape index (κ3) is 2.51.